The molecular formula is C13H5BrCl2F3N3O4. The van der Waals surface area contributed by atoms with Gasteiger partial charge in [-0.25, -0.2) is 0 Å². The van der Waals surface area contributed by atoms with Crippen LogP contribution in [0.2, 0.25) is 10.0 Å². The Morgan fingerprint density at radius 1 is 1.00 bits per heavy atom. The van der Waals surface area contributed by atoms with Gasteiger partial charge >= 0.3 is 6.18 Å². The van der Waals surface area contributed by atoms with Crippen LogP contribution in [-0.2, 0) is 6.18 Å². The van der Waals surface area contributed by atoms with E-state index in [1.807, 2.05) is 0 Å². The Balaban J connectivity index is 2.76. The molecule has 26 heavy (non-hydrogen) atoms. The van der Waals surface area contributed by atoms with Crippen LogP contribution in [0.1, 0.15) is 5.56 Å². The molecule has 7 nitrogen and oxygen atoms in total. The minimum absolute atomic E-state index is 0.0787. The first kappa shape index (κ1) is 20.2. The summed E-state index contributed by atoms with van der Waals surface area (Å²) in [7, 11) is 0. The molecular weight excluding hydrogens is 470 g/mol. The second-order valence-electron chi connectivity index (χ2n) is 4.77. The Bertz CT molecular complexity index is 924. The molecule has 0 amide bonds. The van der Waals surface area contributed by atoms with E-state index in [-0.39, 0.29) is 21.8 Å². The van der Waals surface area contributed by atoms with Crippen molar-refractivity contribution in [3.8, 4) is 0 Å². The van der Waals surface area contributed by atoms with Crippen LogP contribution in [0.3, 0.4) is 0 Å². The Morgan fingerprint density at radius 3 is 2.12 bits per heavy atom. The molecule has 0 bridgehead atoms. The van der Waals surface area contributed by atoms with E-state index >= 15 is 0 Å². The highest BCUT2D eigenvalue weighted by atomic mass is 79.9. The molecule has 0 aliphatic carbocycles. The van der Waals surface area contributed by atoms with E-state index in [9.17, 15) is 33.4 Å². The van der Waals surface area contributed by atoms with Gasteiger partial charge in [-0.05, 0) is 28.1 Å². The fourth-order valence-corrected chi connectivity index (χ4v) is 2.82. The van der Waals surface area contributed by atoms with Crippen molar-refractivity contribution in [2.24, 2.45) is 0 Å². The number of halogens is 6. The predicted octanol–water partition coefficient (Wildman–Crippen LogP) is 6.33. The first-order valence-electron chi connectivity index (χ1n) is 6.37. The highest BCUT2D eigenvalue weighted by Gasteiger charge is 2.39. The van der Waals surface area contributed by atoms with E-state index in [0.717, 1.165) is 6.07 Å². The molecule has 0 saturated heterocycles. The summed E-state index contributed by atoms with van der Waals surface area (Å²) in [5.74, 6) is 0. The van der Waals surface area contributed by atoms with E-state index in [4.69, 9.17) is 23.2 Å². The van der Waals surface area contributed by atoms with Crippen LogP contribution in [0.4, 0.5) is 35.9 Å². The van der Waals surface area contributed by atoms with Crippen LogP contribution in [0, 0.1) is 20.2 Å². The molecule has 0 aliphatic rings. The molecule has 2 aromatic carbocycles. The minimum Gasteiger partial charge on any atom is -0.348 e. The first-order valence-corrected chi connectivity index (χ1v) is 7.92. The lowest BCUT2D eigenvalue weighted by Gasteiger charge is -2.16. The van der Waals surface area contributed by atoms with Gasteiger partial charge in [-0.2, -0.15) is 13.2 Å². The summed E-state index contributed by atoms with van der Waals surface area (Å²) in [4.78, 5) is 19.7. The number of nitro groups is 2. The fraction of sp³-hybridized carbons (Fsp3) is 0.0769. The number of nitrogens with one attached hydrogen (secondary N) is 1. The number of hydrogen-bond donors (Lipinski definition) is 1. The maximum Gasteiger partial charge on any atom is 0.418 e. The Hall–Kier alpha value is -2.11. The van der Waals surface area contributed by atoms with Gasteiger partial charge in [-0.15, -0.1) is 0 Å². The van der Waals surface area contributed by atoms with Crippen molar-refractivity contribution >= 4 is 61.9 Å². The number of nitro benzene ring substituents is 2. The summed E-state index contributed by atoms with van der Waals surface area (Å²) >= 11 is 14.8. The second kappa shape index (κ2) is 7.25. The van der Waals surface area contributed by atoms with Crippen molar-refractivity contribution in [1.82, 2.24) is 0 Å². The van der Waals surface area contributed by atoms with Gasteiger partial charge in [-0.1, -0.05) is 23.2 Å². The number of hydrogen-bond acceptors (Lipinski definition) is 5. The fourth-order valence-electron chi connectivity index (χ4n) is 1.97. The van der Waals surface area contributed by atoms with Crippen molar-refractivity contribution in [2.75, 3.05) is 5.32 Å². The van der Waals surface area contributed by atoms with Gasteiger partial charge in [0.2, 0.25) is 0 Å². The van der Waals surface area contributed by atoms with E-state index in [1.54, 1.807) is 0 Å². The molecule has 0 saturated carbocycles. The Kier molecular flexibility index (Phi) is 5.64. The average molecular weight is 475 g/mol. The van der Waals surface area contributed by atoms with Gasteiger partial charge in [0.05, 0.1) is 37.2 Å². The lowest BCUT2D eigenvalue weighted by atomic mass is 10.1. The van der Waals surface area contributed by atoms with Gasteiger partial charge in [-0.3, -0.25) is 20.2 Å². The largest absolute Gasteiger partial charge is 0.418 e. The van der Waals surface area contributed by atoms with Gasteiger partial charge in [0.15, 0.2) is 0 Å². The molecule has 0 heterocycles. The summed E-state index contributed by atoms with van der Waals surface area (Å²) in [6.45, 7) is 0. The van der Waals surface area contributed by atoms with Crippen LogP contribution in [0.5, 0.6) is 0 Å². The number of nitrogens with zero attached hydrogens (tertiary/aromatic N) is 2. The molecule has 0 unspecified atom stereocenters. The van der Waals surface area contributed by atoms with Gasteiger partial charge < -0.3 is 5.32 Å². The topological polar surface area (TPSA) is 98.3 Å². The third kappa shape index (κ3) is 4.17. The van der Waals surface area contributed by atoms with Crippen LogP contribution in [-0.4, -0.2) is 9.85 Å². The number of rotatable bonds is 4. The molecule has 2 rings (SSSR count). The quantitative estimate of drug-likeness (QED) is 0.317. The summed E-state index contributed by atoms with van der Waals surface area (Å²) in [5.41, 5.74) is -4.94. The molecule has 0 atom stereocenters. The van der Waals surface area contributed by atoms with Crippen molar-refractivity contribution in [1.29, 1.82) is 0 Å². The molecule has 2 aromatic rings. The number of non-ortho nitro benzene ring substituents is 1. The first-order chi connectivity index (χ1) is 11.9. The lowest BCUT2D eigenvalue weighted by Crippen LogP contribution is -2.12. The third-order valence-corrected chi connectivity index (χ3v) is 4.59. The summed E-state index contributed by atoms with van der Waals surface area (Å²) in [6.07, 6.45) is -5.11. The van der Waals surface area contributed by atoms with Crippen molar-refractivity contribution in [3.05, 3.63) is 64.6 Å². The normalized spacial score (nSPS) is 11.3. The van der Waals surface area contributed by atoms with Gasteiger partial charge in [0.1, 0.15) is 5.69 Å². The molecule has 0 spiro atoms. The summed E-state index contributed by atoms with van der Waals surface area (Å²) < 4.78 is 40.3. The van der Waals surface area contributed by atoms with Gasteiger partial charge in [0, 0.05) is 10.5 Å². The zero-order valence-electron chi connectivity index (χ0n) is 12.1. The van der Waals surface area contributed by atoms with Crippen LogP contribution < -0.4 is 5.32 Å². The zero-order chi connectivity index (χ0) is 19.8. The number of benzene rings is 2. The standard InChI is InChI=1S/C13H5BrCl2F3N3O4/c14-7-3-9(16)10(4-8(7)15)20-12-6(13(17,18)19)1-5(21(23)24)2-11(12)22(25)26/h1-4,20H. The van der Waals surface area contributed by atoms with Crippen molar-refractivity contribution < 1.29 is 23.0 Å². The number of anilines is 2. The van der Waals surface area contributed by atoms with Crippen molar-refractivity contribution in [2.45, 2.75) is 6.18 Å². The maximum absolute atomic E-state index is 13.3. The highest BCUT2D eigenvalue weighted by molar-refractivity contribution is 9.10. The van der Waals surface area contributed by atoms with E-state index < -0.39 is 38.6 Å². The molecule has 0 aliphatic heterocycles. The van der Waals surface area contributed by atoms with E-state index in [1.165, 1.54) is 6.07 Å². The maximum atomic E-state index is 13.3. The Morgan fingerprint density at radius 2 is 1.62 bits per heavy atom. The molecule has 0 aromatic heterocycles. The summed E-state index contributed by atoms with van der Waals surface area (Å²) in [6, 6.07) is 3.05. The monoisotopic (exact) mass is 473 g/mol. The Labute approximate surface area is 161 Å². The summed E-state index contributed by atoms with van der Waals surface area (Å²) in [5, 5.41) is 24.2. The lowest BCUT2D eigenvalue weighted by molar-refractivity contribution is -0.394. The molecule has 13 heteroatoms. The van der Waals surface area contributed by atoms with Gasteiger partial charge in [0.25, 0.3) is 11.4 Å². The number of alkyl halides is 3. The molecule has 1 N–H and O–H groups in total. The molecule has 138 valence electrons. The van der Waals surface area contributed by atoms with E-state index in [0.29, 0.717) is 10.5 Å². The van der Waals surface area contributed by atoms with Crippen LogP contribution >= 0.6 is 39.1 Å². The SMILES string of the molecule is O=[N+]([O-])c1cc([N+](=O)[O-])c(Nc2cc(Cl)c(Br)cc2Cl)c(C(F)(F)F)c1. The molecule has 0 radical (unpaired) electrons. The molecule has 0 fully saturated rings. The van der Waals surface area contributed by atoms with Crippen molar-refractivity contribution in [3.63, 3.8) is 0 Å². The van der Waals surface area contributed by atoms with E-state index in [2.05, 4.69) is 21.2 Å². The van der Waals surface area contributed by atoms with Crippen LogP contribution in [0.15, 0.2) is 28.7 Å². The minimum atomic E-state index is -5.11. The third-order valence-electron chi connectivity index (χ3n) is 3.08. The highest BCUT2D eigenvalue weighted by Crippen LogP contribution is 2.45. The smallest absolute Gasteiger partial charge is 0.348 e. The van der Waals surface area contributed by atoms with Crippen LogP contribution in [0.25, 0.3) is 0 Å². The average Bonchev–Trinajstić information content (AvgIpc) is 2.50. The second-order valence-corrected chi connectivity index (χ2v) is 6.44. The zero-order valence-corrected chi connectivity index (χ0v) is 15.2. The predicted molar refractivity (Wildman–Crippen MR) is 92.2 cm³/mol.